The molecule has 0 saturated heterocycles. The smallest absolute Gasteiger partial charge is 0.341 e. The SMILES string of the molecule is CCOC(=O)c1c(NC(=O)CSc2nc(-c3ccccc3)cc(=O)[nH]2)sc2c1CCCC2. The number of fused-ring (bicyclic) bond motifs is 1. The van der Waals surface area contributed by atoms with Crippen molar-refractivity contribution in [1.29, 1.82) is 0 Å². The number of amides is 1. The van der Waals surface area contributed by atoms with Crippen molar-refractivity contribution in [3.05, 3.63) is 62.8 Å². The molecule has 0 unspecified atom stereocenters. The summed E-state index contributed by atoms with van der Waals surface area (Å²) in [5.74, 6) is -0.616. The second kappa shape index (κ2) is 10.1. The van der Waals surface area contributed by atoms with Gasteiger partial charge in [-0.15, -0.1) is 11.3 Å². The van der Waals surface area contributed by atoms with E-state index >= 15 is 0 Å². The molecule has 9 heteroatoms. The first-order valence-electron chi connectivity index (χ1n) is 10.5. The molecule has 0 atom stereocenters. The van der Waals surface area contributed by atoms with Crippen molar-refractivity contribution in [3.63, 3.8) is 0 Å². The molecule has 2 heterocycles. The van der Waals surface area contributed by atoms with Crippen LogP contribution >= 0.6 is 23.1 Å². The molecule has 1 amide bonds. The minimum atomic E-state index is -0.392. The van der Waals surface area contributed by atoms with Gasteiger partial charge in [-0.2, -0.15) is 0 Å². The Morgan fingerprint density at radius 2 is 2.00 bits per heavy atom. The van der Waals surface area contributed by atoms with E-state index in [1.54, 1.807) is 6.92 Å². The van der Waals surface area contributed by atoms with Crippen LogP contribution < -0.4 is 10.9 Å². The van der Waals surface area contributed by atoms with Gasteiger partial charge in [-0.25, -0.2) is 9.78 Å². The number of aromatic nitrogens is 2. The van der Waals surface area contributed by atoms with Crippen LogP contribution in [0.4, 0.5) is 5.00 Å². The minimum absolute atomic E-state index is 0.0476. The van der Waals surface area contributed by atoms with Crippen LogP contribution in [-0.2, 0) is 22.4 Å². The largest absolute Gasteiger partial charge is 0.462 e. The molecule has 2 N–H and O–H groups in total. The third-order valence-corrected chi connectivity index (χ3v) is 7.11. The number of aryl methyl sites for hydroxylation is 1. The molecule has 7 nitrogen and oxygen atoms in total. The van der Waals surface area contributed by atoms with E-state index in [0.717, 1.165) is 53.4 Å². The van der Waals surface area contributed by atoms with Gasteiger partial charge in [0.05, 0.1) is 23.6 Å². The molecular formula is C23H23N3O4S2. The van der Waals surface area contributed by atoms with Crippen LogP contribution in [0.5, 0.6) is 0 Å². The van der Waals surface area contributed by atoms with E-state index in [2.05, 4.69) is 15.3 Å². The van der Waals surface area contributed by atoms with Crippen LogP contribution in [0.2, 0.25) is 0 Å². The number of carbonyl (C=O) groups excluding carboxylic acids is 2. The molecule has 1 aromatic carbocycles. The zero-order valence-electron chi connectivity index (χ0n) is 17.6. The number of nitrogens with zero attached hydrogens (tertiary/aromatic N) is 1. The Hall–Kier alpha value is -2.91. The lowest BCUT2D eigenvalue weighted by Gasteiger charge is -2.12. The van der Waals surface area contributed by atoms with E-state index < -0.39 is 5.97 Å². The van der Waals surface area contributed by atoms with Gasteiger partial charge in [0.1, 0.15) is 5.00 Å². The van der Waals surface area contributed by atoms with Gasteiger partial charge in [0.25, 0.3) is 5.56 Å². The van der Waals surface area contributed by atoms with Gasteiger partial charge in [0, 0.05) is 16.5 Å². The van der Waals surface area contributed by atoms with Crippen LogP contribution in [0.25, 0.3) is 11.3 Å². The van der Waals surface area contributed by atoms with Gasteiger partial charge >= 0.3 is 5.97 Å². The fourth-order valence-corrected chi connectivity index (χ4v) is 5.60. The van der Waals surface area contributed by atoms with Crippen LogP contribution in [0.3, 0.4) is 0 Å². The quantitative estimate of drug-likeness (QED) is 0.304. The van der Waals surface area contributed by atoms with Crippen LogP contribution in [0.15, 0.2) is 46.3 Å². The monoisotopic (exact) mass is 469 g/mol. The molecule has 32 heavy (non-hydrogen) atoms. The molecule has 0 aliphatic heterocycles. The van der Waals surface area contributed by atoms with Crippen molar-refractivity contribution in [2.75, 3.05) is 17.7 Å². The Bertz CT molecular complexity index is 1190. The Morgan fingerprint density at radius 1 is 1.22 bits per heavy atom. The summed E-state index contributed by atoms with van der Waals surface area (Å²) in [5, 5.41) is 3.78. The number of anilines is 1. The molecule has 1 aliphatic carbocycles. The van der Waals surface area contributed by atoms with E-state index in [9.17, 15) is 14.4 Å². The summed E-state index contributed by atoms with van der Waals surface area (Å²) in [5.41, 5.74) is 2.59. The van der Waals surface area contributed by atoms with E-state index in [1.807, 2.05) is 30.3 Å². The highest BCUT2D eigenvalue weighted by Crippen LogP contribution is 2.38. The van der Waals surface area contributed by atoms with Gasteiger partial charge in [-0.05, 0) is 38.2 Å². The number of ether oxygens (including phenoxy) is 1. The number of aromatic amines is 1. The maximum atomic E-state index is 12.7. The molecular weight excluding hydrogens is 446 g/mol. The van der Waals surface area contributed by atoms with E-state index in [0.29, 0.717) is 21.4 Å². The van der Waals surface area contributed by atoms with Gasteiger partial charge in [0.2, 0.25) is 5.91 Å². The molecule has 0 radical (unpaired) electrons. The topological polar surface area (TPSA) is 101 Å². The molecule has 3 aromatic rings. The average Bonchev–Trinajstić information content (AvgIpc) is 3.16. The van der Waals surface area contributed by atoms with Crippen LogP contribution in [0.1, 0.15) is 40.6 Å². The number of thiophene rings is 1. The highest BCUT2D eigenvalue weighted by Gasteiger charge is 2.27. The Kier molecular flexibility index (Phi) is 7.06. The third kappa shape index (κ3) is 5.11. The summed E-state index contributed by atoms with van der Waals surface area (Å²) in [4.78, 5) is 45.5. The summed E-state index contributed by atoms with van der Waals surface area (Å²) >= 11 is 2.59. The number of H-pyrrole nitrogens is 1. The third-order valence-electron chi connectivity index (χ3n) is 5.03. The molecule has 4 rings (SSSR count). The summed E-state index contributed by atoms with van der Waals surface area (Å²) in [6, 6.07) is 10.8. The Balaban J connectivity index is 1.48. The number of carbonyl (C=O) groups is 2. The first-order chi connectivity index (χ1) is 15.5. The second-order valence-electron chi connectivity index (χ2n) is 7.27. The lowest BCUT2D eigenvalue weighted by molar-refractivity contribution is -0.113. The molecule has 1 aliphatic rings. The molecule has 166 valence electrons. The summed E-state index contributed by atoms with van der Waals surface area (Å²) in [6.07, 6.45) is 3.84. The first-order valence-corrected chi connectivity index (χ1v) is 12.3. The summed E-state index contributed by atoms with van der Waals surface area (Å²) in [6.45, 7) is 2.05. The second-order valence-corrected chi connectivity index (χ2v) is 9.34. The van der Waals surface area contributed by atoms with Crippen LogP contribution in [-0.4, -0.2) is 34.2 Å². The number of rotatable bonds is 7. The number of nitrogens with one attached hydrogen (secondary N) is 2. The molecule has 2 aromatic heterocycles. The lowest BCUT2D eigenvalue weighted by Crippen LogP contribution is -2.17. The predicted molar refractivity (Wildman–Crippen MR) is 127 cm³/mol. The van der Waals surface area contributed by atoms with Gasteiger partial charge in [0.15, 0.2) is 5.16 Å². The predicted octanol–water partition coefficient (Wildman–Crippen LogP) is 4.28. The number of thioether (sulfide) groups is 1. The van der Waals surface area contributed by atoms with Crippen LogP contribution in [0, 0.1) is 0 Å². The summed E-state index contributed by atoms with van der Waals surface area (Å²) in [7, 11) is 0. The van der Waals surface area contributed by atoms with Crippen molar-refractivity contribution in [3.8, 4) is 11.3 Å². The molecule has 0 saturated carbocycles. The number of hydrogen-bond acceptors (Lipinski definition) is 7. The number of hydrogen-bond donors (Lipinski definition) is 2. The normalized spacial score (nSPS) is 12.8. The fourth-order valence-electron chi connectivity index (χ4n) is 3.63. The summed E-state index contributed by atoms with van der Waals surface area (Å²) < 4.78 is 5.23. The maximum Gasteiger partial charge on any atom is 0.341 e. The minimum Gasteiger partial charge on any atom is -0.462 e. The van der Waals surface area contributed by atoms with Gasteiger partial charge < -0.3 is 15.0 Å². The highest BCUT2D eigenvalue weighted by molar-refractivity contribution is 7.99. The number of benzene rings is 1. The number of esters is 1. The Labute approximate surface area is 193 Å². The van der Waals surface area contributed by atoms with Crippen molar-refractivity contribution in [2.24, 2.45) is 0 Å². The molecule has 0 spiro atoms. The molecule has 0 fully saturated rings. The maximum absolute atomic E-state index is 12.7. The van der Waals surface area contributed by atoms with Gasteiger partial charge in [-0.1, -0.05) is 42.1 Å². The Morgan fingerprint density at radius 3 is 2.78 bits per heavy atom. The van der Waals surface area contributed by atoms with E-state index in [-0.39, 0.29) is 23.8 Å². The fraction of sp³-hybridized carbons (Fsp3) is 0.304. The lowest BCUT2D eigenvalue weighted by atomic mass is 9.95. The van der Waals surface area contributed by atoms with Crippen molar-refractivity contribution in [2.45, 2.75) is 37.8 Å². The average molecular weight is 470 g/mol. The van der Waals surface area contributed by atoms with Gasteiger partial charge in [-0.3, -0.25) is 9.59 Å². The van der Waals surface area contributed by atoms with E-state index in [4.69, 9.17) is 4.74 Å². The van der Waals surface area contributed by atoms with E-state index in [1.165, 1.54) is 17.4 Å². The molecule has 0 bridgehead atoms. The first kappa shape index (κ1) is 22.3. The van der Waals surface area contributed by atoms with Crippen molar-refractivity contribution >= 4 is 40.0 Å². The van der Waals surface area contributed by atoms with Crippen molar-refractivity contribution in [1.82, 2.24) is 9.97 Å². The zero-order chi connectivity index (χ0) is 22.5. The highest BCUT2D eigenvalue weighted by atomic mass is 32.2. The standard InChI is InChI=1S/C23H23N3O4S2/c1-2-30-22(29)20-15-10-6-7-11-17(15)32-21(20)25-19(28)13-31-23-24-16(12-18(27)26-23)14-8-4-3-5-9-14/h3-5,8-9,12H,2,6-7,10-11,13H2,1H3,(H,25,28)(H,24,26,27). The van der Waals surface area contributed by atoms with Crippen molar-refractivity contribution < 1.29 is 14.3 Å². The zero-order valence-corrected chi connectivity index (χ0v) is 19.2.